The Balaban J connectivity index is 2.05. The van der Waals surface area contributed by atoms with Crippen molar-refractivity contribution in [3.63, 3.8) is 0 Å². The van der Waals surface area contributed by atoms with E-state index in [4.69, 9.17) is 0 Å². The molecule has 0 radical (unpaired) electrons. The van der Waals surface area contributed by atoms with Gasteiger partial charge in [0.2, 0.25) is 0 Å². The molecule has 0 saturated carbocycles. The fourth-order valence-electron chi connectivity index (χ4n) is 1.79. The van der Waals surface area contributed by atoms with E-state index in [1.165, 1.54) is 18.2 Å². The second-order valence-electron chi connectivity index (χ2n) is 4.53. The second kappa shape index (κ2) is 6.49. The highest BCUT2D eigenvalue weighted by Gasteiger charge is 2.15. The summed E-state index contributed by atoms with van der Waals surface area (Å²) in [7, 11) is 0. The molecule has 2 aromatic rings. The monoisotopic (exact) mass is 299 g/mol. The highest BCUT2D eigenvalue weighted by molar-refractivity contribution is 5.99. The molecule has 0 bridgehead atoms. The second-order valence-corrected chi connectivity index (χ2v) is 4.53. The Morgan fingerprint density at radius 2 is 1.55 bits per heavy atom. The van der Waals surface area contributed by atoms with Crippen molar-refractivity contribution < 1.29 is 14.5 Å². The number of nitro groups is 1. The molecule has 22 heavy (non-hydrogen) atoms. The lowest BCUT2D eigenvalue weighted by molar-refractivity contribution is -0.385. The van der Waals surface area contributed by atoms with Crippen molar-refractivity contribution >= 4 is 17.5 Å². The number of hydrogen-bond donors (Lipinski definition) is 2. The van der Waals surface area contributed by atoms with Crippen molar-refractivity contribution in [3.05, 3.63) is 75.3 Å². The van der Waals surface area contributed by atoms with E-state index in [0.717, 1.165) is 0 Å². The molecule has 0 unspecified atom stereocenters. The molecule has 7 heteroatoms. The summed E-state index contributed by atoms with van der Waals surface area (Å²) in [5.74, 6) is -1.11. The summed E-state index contributed by atoms with van der Waals surface area (Å²) in [6.45, 7) is 1.58. The maximum Gasteiger partial charge on any atom is 0.273 e. The predicted octanol–water partition coefficient (Wildman–Crippen LogP) is 1.98. The summed E-state index contributed by atoms with van der Waals surface area (Å²) in [4.78, 5) is 34.0. The zero-order valence-electron chi connectivity index (χ0n) is 11.7. The van der Waals surface area contributed by atoms with Gasteiger partial charge in [0.05, 0.1) is 4.92 Å². The van der Waals surface area contributed by atoms with E-state index in [9.17, 15) is 19.7 Å². The Morgan fingerprint density at radius 3 is 2.14 bits per heavy atom. The summed E-state index contributed by atoms with van der Waals surface area (Å²) < 4.78 is 0. The van der Waals surface area contributed by atoms with Crippen LogP contribution in [0.4, 0.5) is 5.69 Å². The van der Waals surface area contributed by atoms with Crippen molar-refractivity contribution in [1.29, 1.82) is 0 Å². The molecule has 0 aromatic heterocycles. The Hall–Kier alpha value is -3.22. The smallest absolute Gasteiger partial charge is 0.267 e. The van der Waals surface area contributed by atoms with E-state index < -0.39 is 16.7 Å². The number of carbonyl (C=O) groups is 2. The number of nitrogens with one attached hydrogen (secondary N) is 2. The topological polar surface area (TPSA) is 101 Å². The first-order chi connectivity index (χ1) is 10.5. The molecule has 0 atom stereocenters. The van der Waals surface area contributed by atoms with Gasteiger partial charge in [-0.25, -0.2) is 0 Å². The third-order valence-corrected chi connectivity index (χ3v) is 2.99. The van der Waals surface area contributed by atoms with Crippen molar-refractivity contribution in [2.45, 2.75) is 6.92 Å². The molecule has 0 spiro atoms. The zero-order valence-corrected chi connectivity index (χ0v) is 11.7. The summed E-state index contributed by atoms with van der Waals surface area (Å²) in [5, 5.41) is 10.9. The first-order valence-corrected chi connectivity index (χ1v) is 6.40. The lowest BCUT2D eigenvalue weighted by Crippen LogP contribution is -2.41. The quantitative estimate of drug-likeness (QED) is 0.668. The van der Waals surface area contributed by atoms with Gasteiger partial charge in [-0.15, -0.1) is 0 Å². The molecule has 0 fully saturated rings. The van der Waals surface area contributed by atoms with Crippen LogP contribution in [0.2, 0.25) is 0 Å². The third-order valence-electron chi connectivity index (χ3n) is 2.99. The van der Waals surface area contributed by atoms with E-state index in [0.29, 0.717) is 11.1 Å². The highest BCUT2D eigenvalue weighted by Crippen LogP contribution is 2.18. The summed E-state index contributed by atoms with van der Waals surface area (Å²) >= 11 is 0. The van der Waals surface area contributed by atoms with Crippen LogP contribution in [-0.2, 0) is 0 Å². The minimum absolute atomic E-state index is 0.0886. The van der Waals surface area contributed by atoms with Crippen LogP contribution >= 0.6 is 0 Å². The first kappa shape index (κ1) is 15.2. The molecule has 0 aliphatic rings. The fraction of sp³-hybridized carbons (Fsp3) is 0.0667. The maximum atomic E-state index is 11.9. The normalized spacial score (nSPS) is 9.86. The number of nitrogens with zero attached hydrogens (tertiary/aromatic N) is 1. The number of rotatable bonds is 3. The minimum Gasteiger partial charge on any atom is -0.267 e. The van der Waals surface area contributed by atoms with Gasteiger partial charge in [-0.1, -0.05) is 24.3 Å². The van der Waals surface area contributed by atoms with Crippen LogP contribution in [0.1, 0.15) is 26.3 Å². The van der Waals surface area contributed by atoms with Crippen LogP contribution in [0.3, 0.4) is 0 Å². The summed E-state index contributed by atoms with van der Waals surface area (Å²) in [6.07, 6.45) is 0. The SMILES string of the molecule is Cc1ccc(C(=O)NNC(=O)c2ccccc2)cc1[N+](=O)[O-]. The fourth-order valence-corrected chi connectivity index (χ4v) is 1.79. The average Bonchev–Trinajstić information content (AvgIpc) is 2.53. The van der Waals surface area contributed by atoms with Crippen LogP contribution in [0.15, 0.2) is 48.5 Å². The molecule has 2 N–H and O–H groups in total. The standard InChI is InChI=1S/C15H13N3O4/c1-10-7-8-12(9-13(10)18(21)22)15(20)17-16-14(19)11-5-3-2-4-6-11/h2-9H,1H3,(H,16,19)(H,17,20). The van der Waals surface area contributed by atoms with Gasteiger partial charge in [0.15, 0.2) is 0 Å². The summed E-state index contributed by atoms with van der Waals surface area (Å²) in [5.41, 5.74) is 5.25. The molecule has 0 saturated heterocycles. The van der Waals surface area contributed by atoms with Crippen LogP contribution in [0, 0.1) is 17.0 Å². The number of nitro benzene ring substituents is 1. The van der Waals surface area contributed by atoms with Gasteiger partial charge >= 0.3 is 0 Å². The Morgan fingerprint density at radius 1 is 0.955 bits per heavy atom. The van der Waals surface area contributed by atoms with Gasteiger partial charge in [-0.2, -0.15) is 0 Å². The van der Waals surface area contributed by atoms with Gasteiger partial charge in [0.1, 0.15) is 0 Å². The molecule has 2 rings (SSSR count). The Bertz CT molecular complexity index is 729. The number of aryl methyl sites for hydroxylation is 1. The van der Waals surface area contributed by atoms with E-state index in [1.54, 1.807) is 37.3 Å². The Labute approximate surface area is 126 Å². The van der Waals surface area contributed by atoms with E-state index in [-0.39, 0.29) is 11.3 Å². The molecular weight excluding hydrogens is 286 g/mol. The van der Waals surface area contributed by atoms with E-state index in [1.807, 2.05) is 0 Å². The molecule has 2 aromatic carbocycles. The molecular formula is C15H13N3O4. The molecule has 0 aliphatic carbocycles. The van der Waals surface area contributed by atoms with Crippen molar-refractivity contribution in [1.82, 2.24) is 10.9 Å². The van der Waals surface area contributed by atoms with Crippen molar-refractivity contribution in [2.24, 2.45) is 0 Å². The molecule has 112 valence electrons. The largest absolute Gasteiger partial charge is 0.273 e. The molecule has 2 amide bonds. The van der Waals surface area contributed by atoms with Crippen molar-refractivity contribution in [2.75, 3.05) is 0 Å². The lowest BCUT2D eigenvalue weighted by atomic mass is 10.1. The van der Waals surface area contributed by atoms with Crippen molar-refractivity contribution in [3.8, 4) is 0 Å². The Kier molecular flexibility index (Phi) is 4.47. The number of benzene rings is 2. The van der Waals surface area contributed by atoms with Crippen LogP contribution in [-0.4, -0.2) is 16.7 Å². The van der Waals surface area contributed by atoms with E-state index >= 15 is 0 Å². The van der Waals surface area contributed by atoms with Crippen LogP contribution in [0.25, 0.3) is 0 Å². The number of amides is 2. The van der Waals surface area contributed by atoms with Crippen LogP contribution < -0.4 is 10.9 Å². The van der Waals surface area contributed by atoms with Crippen LogP contribution in [0.5, 0.6) is 0 Å². The predicted molar refractivity (Wildman–Crippen MR) is 79.2 cm³/mol. The maximum absolute atomic E-state index is 11.9. The zero-order chi connectivity index (χ0) is 16.1. The molecule has 0 heterocycles. The number of carbonyl (C=O) groups excluding carboxylic acids is 2. The lowest BCUT2D eigenvalue weighted by Gasteiger charge is -2.07. The minimum atomic E-state index is -0.632. The molecule has 0 aliphatic heterocycles. The molecule has 7 nitrogen and oxygen atoms in total. The van der Waals surface area contributed by atoms with Gasteiger partial charge < -0.3 is 0 Å². The highest BCUT2D eigenvalue weighted by atomic mass is 16.6. The third kappa shape index (κ3) is 3.45. The first-order valence-electron chi connectivity index (χ1n) is 6.40. The summed E-state index contributed by atoms with van der Waals surface area (Å²) in [6, 6.07) is 12.4. The average molecular weight is 299 g/mol. The van der Waals surface area contributed by atoms with Gasteiger partial charge in [0.25, 0.3) is 17.5 Å². The van der Waals surface area contributed by atoms with Gasteiger partial charge in [0, 0.05) is 22.8 Å². The number of hydrogen-bond acceptors (Lipinski definition) is 4. The van der Waals surface area contributed by atoms with E-state index in [2.05, 4.69) is 10.9 Å². The number of hydrazine groups is 1. The van der Waals surface area contributed by atoms with Gasteiger partial charge in [-0.05, 0) is 25.1 Å². The van der Waals surface area contributed by atoms with Gasteiger partial charge in [-0.3, -0.25) is 30.6 Å².